The summed E-state index contributed by atoms with van der Waals surface area (Å²) in [6, 6.07) is 0. The van der Waals surface area contributed by atoms with E-state index in [4.69, 9.17) is 9.97 Å². The lowest BCUT2D eigenvalue weighted by molar-refractivity contribution is 0.403. The van der Waals surface area contributed by atoms with E-state index < -0.39 is 0 Å². The summed E-state index contributed by atoms with van der Waals surface area (Å²) in [7, 11) is 0. The molecule has 0 aromatic carbocycles. The molecule has 2 bridgehead atoms. The van der Waals surface area contributed by atoms with E-state index >= 15 is 0 Å². The number of anilines is 1. The number of fused-ring (bicyclic) bond motifs is 3. The first-order valence-electron chi connectivity index (χ1n) is 8.98. The quantitative estimate of drug-likeness (QED) is 0.905. The Bertz CT molecular complexity index is 525. The van der Waals surface area contributed by atoms with Gasteiger partial charge in [-0.3, -0.25) is 0 Å². The molecule has 3 heteroatoms. The third-order valence-electron chi connectivity index (χ3n) is 5.81. The molecule has 4 rings (SSSR count). The van der Waals surface area contributed by atoms with Crippen LogP contribution in [0.4, 0.5) is 5.82 Å². The lowest BCUT2D eigenvalue weighted by Gasteiger charge is -2.25. The number of aromatic nitrogens is 2. The minimum Gasteiger partial charge on any atom is -0.370 e. The SMILES string of the molecule is CCCNc1nc(C2CC3CCC2C3)nc2c1CCCC2. The van der Waals surface area contributed by atoms with Crippen molar-refractivity contribution in [2.45, 2.75) is 70.6 Å². The molecule has 21 heavy (non-hydrogen) atoms. The maximum absolute atomic E-state index is 5.03. The predicted molar refractivity (Wildman–Crippen MR) is 85.6 cm³/mol. The Morgan fingerprint density at radius 1 is 1.10 bits per heavy atom. The fourth-order valence-electron chi connectivity index (χ4n) is 4.73. The smallest absolute Gasteiger partial charge is 0.134 e. The first-order chi connectivity index (χ1) is 10.3. The van der Waals surface area contributed by atoms with Gasteiger partial charge in [0.15, 0.2) is 0 Å². The molecule has 0 spiro atoms. The van der Waals surface area contributed by atoms with E-state index in [1.807, 2.05) is 0 Å². The summed E-state index contributed by atoms with van der Waals surface area (Å²) in [5, 5.41) is 3.58. The van der Waals surface area contributed by atoms with Gasteiger partial charge < -0.3 is 5.32 Å². The van der Waals surface area contributed by atoms with Gasteiger partial charge in [-0.1, -0.05) is 13.3 Å². The molecule has 3 nitrogen and oxygen atoms in total. The third kappa shape index (κ3) is 2.45. The van der Waals surface area contributed by atoms with Gasteiger partial charge in [-0.15, -0.1) is 0 Å². The van der Waals surface area contributed by atoms with Gasteiger partial charge >= 0.3 is 0 Å². The van der Waals surface area contributed by atoms with E-state index in [-0.39, 0.29) is 0 Å². The summed E-state index contributed by atoms with van der Waals surface area (Å²) in [5.74, 6) is 4.82. The summed E-state index contributed by atoms with van der Waals surface area (Å²) < 4.78 is 0. The molecule has 0 saturated heterocycles. The molecule has 3 unspecified atom stereocenters. The van der Waals surface area contributed by atoms with Crippen LogP contribution in [0.15, 0.2) is 0 Å². The number of nitrogens with zero attached hydrogens (tertiary/aromatic N) is 2. The largest absolute Gasteiger partial charge is 0.370 e. The third-order valence-corrected chi connectivity index (χ3v) is 5.81. The van der Waals surface area contributed by atoms with Gasteiger partial charge in [0, 0.05) is 23.7 Å². The number of hydrogen-bond acceptors (Lipinski definition) is 3. The zero-order valence-electron chi connectivity index (χ0n) is 13.2. The Morgan fingerprint density at radius 2 is 2.00 bits per heavy atom. The molecule has 1 aromatic heterocycles. The van der Waals surface area contributed by atoms with Crippen LogP contribution in [0.5, 0.6) is 0 Å². The Balaban J connectivity index is 1.67. The zero-order chi connectivity index (χ0) is 14.2. The van der Waals surface area contributed by atoms with Crippen molar-refractivity contribution < 1.29 is 0 Å². The molecule has 3 atom stereocenters. The topological polar surface area (TPSA) is 37.8 Å². The van der Waals surface area contributed by atoms with Crippen LogP contribution in [0.2, 0.25) is 0 Å². The van der Waals surface area contributed by atoms with Crippen LogP contribution in [-0.2, 0) is 12.8 Å². The van der Waals surface area contributed by atoms with Gasteiger partial charge in [0.05, 0.1) is 0 Å². The van der Waals surface area contributed by atoms with Gasteiger partial charge in [0.2, 0.25) is 0 Å². The second-order valence-corrected chi connectivity index (χ2v) is 7.27. The van der Waals surface area contributed by atoms with Gasteiger partial charge in [-0.05, 0) is 63.2 Å². The van der Waals surface area contributed by atoms with E-state index in [0.29, 0.717) is 5.92 Å². The molecular formula is C18H27N3. The highest BCUT2D eigenvalue weighted by atomic mass is 15.0. The standard InChI is InChI=1S/C18H27N3/c1-2-9-19-17-14-5-3-4-6-16(14)20-18(21-17)15-11-12-7-8-13(15)10-12/h12-13,15H,2-11H2,1H3,(H,19,20,21). The fraction of sp³-hybridized carbons (Fsp3) is 0.778. The van der Waals surface area contributed by atoms with Crippen molar-refractivity contribution in [1.82, 2.24) is 9.97 Å². The Hall–Kier alpha value is -1.12. The number of rotatable bonds is 4. The van der Waals surface area contributed by atoms with E-state index in [0.717, 1.165) is 31.2 Å². The monoisotopic (exact) mass is 285 g/mol. The van der Waals surface area contributed by atoms with E-state index in [1.54, 1.807) is 0 Å². The highest BCUT2D eigenvalue weighted by Gasteiger charge is 2.42. The van der Waals surface area contributed by atoms with Crippen LogP contribution in [0.25, 0.3) is 0 Å². The second kappa shape index (κ2) is 5.58. The van der Waals surface area contributed by atoms with E-state index in [1.165, 1.54) is 67.8 Å². The molecular weight excluding hydrogens is 258 g/mol. The molecule has 2 fully saturated rings. The average Bonchev–Trinajstić information content (AvgIpc) is 3.15. The predicted octanol–water partition coefficient (Wildman–Crippen LogP) is 4.08. The number of hydrogen-bond donors (Lipinski definition) is 1. The molecule has 3 aliphatic carbocycles. The average molecular weight is 285 g/mol. The summed E-state index contributed by atoms with van der Waals surface area (Å²) in [4.78, 5) is 10.0. The van der Waals surface area contributed by atoms with Gasteiger partial charge in [0.25, 0.3) is 0 Å². The van der Waals surface area contributed by atoms with Crippen LogP contribution in [0, 0.1) is 11.8 Å². The molecule has 1 heterocycles. The highest BCUT2D eigenvalue weighted by Crippen LogP contribution is 2.52. The molecule has 0 aliphatic heterocycles. The summed E-state index contributed by atoms with van der Waals surface area (Å²) in [6.45, 7) is 3.25. The van der Waals surface area contributed by atoms with Crippen molar-refractivity contribution in [3.63, 3.8) is 0 Å². The molecule has 0 amide bonds. The molecule has 1 N–H and O–H groups in total. The van der Waals surface area contributed by atoms with Crippen LogP contribution < -0.4 is 5.32 Å². The Labute approximate surface area is 128 Å². The second-order valence-electron chi connectivity index (χ2n) is 7.27. The fourth-order valence-corrected chi connectivity index (χ4v) is 4.73. The lowest BCUT2D eigenvalue weighted by atomic mass is 9.87. The number of aryl methyl sites for hydroxylation is 1. The summed E-state index contributed by atoms with van der Waals surface area (Å²) in [5.41, 5.74) is 2.77. The molecule has 2 saturated carbocycles. The van der Waals surface area contributed by atoms with E-state index in [2.05, 4.69) is 12.2 Å². The first-order valence-corrected chi connectivity index (χ1v) is 8.98. The molecule has 1 aromatic rings. The van der Waals surface area contributed by atoms with Crippen LogP contribution in [0.3, 0.4) is 0 Å². The highest BCUT2D eigenvalue weighted by molar-refractivity contribution is 5.48. The van der Waals surface area contributed by atoms with Crippen molar-refractivity contribution in [2.75, 3.05) is 11.9 Å². The van der Waals surface area contributed by atoms with Gasteiger partial charge in [0.1, 0.15) is 11.6 Å². The number of nitrogens with one attached hydrogen (secondary N) is 1. The normalized spacial score (nSPS) is 30.4. The first kappa shape index (κ1) is 13.5. The van der Waals surface area contributed by atoms with Crippen molar-refractivity contribution in [1.29, 1.82) is 0 Å². The van der Waals surface area contributed by atoms with Crippen molar-refractivity contribution in [2.24, 2.45) is 11.8 Å². The Kier molecular flexibility index (Phi) is 3.60. The van der Waals surface area contributed by atoms with E-state index in [9.17, 15) is 0 Å². The van der Waals surface area contributed by atoms with Gasteiger partial charge in [-0.25, -0.2) is 9.97 Å². The van der Waals surface area contributed by atoms with Crippen LogP contribution >= 0.6 is 0 Å². The molecule has 0 radical (unpaired) electrons. The molecule has 3 aliphatic rings. The lowest BCUT2D eigenvalue weighted by Crippen LogP contribution is -2.19. The minimum absolute atomic E-state index is 0.651. The summed E-state index contributed by atoms with van der Waals surface area (Å²) in [6.07, 6.45) is 11.7. The van der Waals surface area contributed by atoms with Gasteiger partial charge in [-0.2, -0.15) is 0 Å². The zero-order valence-corrected chi connectivity index (χ0v) is 13.2. The maximum atomic E-state index is 5.03. The maximum Gasteiger partial charge on any atom is 0.134 e. The van der Waals surface area contributed by atoms with Crippen LogP contribution in [0.1, 0.15) is 74.9 Å². The van der Waals surface area contributed by atoms with Crippen molar-refractivity contribution in [3.05, 3.63) is 17.1 Å². The van der Waals surface area contributed by atoms with Crippen LogP contribution in [-0.4, -0.2) is 16.5 Å². The van der Waals surface area contributed by atoms with Crippen molar-refractivity contribution in [3.8, 4) is 0 Å². The molecule has 114 valence electrons. The van der Waals surface area contributed by atoms with Crippen molar-refractivity contribution >= 4 is 5.82 Å². The Morgan fingerprint density at radius 3 is 2.76 bits per heavy atom. The minimum atomic E-state index is 0.651. The summed E-state index contributed by atoms with van der Waals surface area (Å²) >= 11 is 0.